The second kappa shape index (κ2) is 11.2. The summed E-state index contributed by atoms with van der Waals surface area (Å²) in [6.07, 6.45) is 3.41. The van der Waals surface area contributed by atoms with Crippen molar-refractivity contribution in [2.75, 3.05) is 18.5 Å². The zero-order valence-electron chi connectivity index (χ0n) is 21.4. The molecule has 5 rings (SSSR count). The lowest BCUT2D eigenvalue weighted by Crippen LogP contribution is -2.51. The number of fused-ring (bicyclic) bond motifs is 1. The van der Waals surface area contributed by atoms with Crippen LogP contribution in [0.5, 0.6) is 0 Å². The molecule has 4 heterocycles. The van der Waals surface area contributed by atoms with Crippen LogP contribution in [0, 0.1) is 5.82 Å². The maximum Gasteiger partial charge on any atom is 0.258 e. The number of aromatic nitrogens is 4. The van der Waals surface area contributed by atoms with Gasteiger partial charge in [-0.15, -0.1) is 0 Å². The Morgan fingerprint density at radius 1 is 1.25 bits per heavy atom. The molecule has 11 nitrogen and oxygen atoms in total. The first kappa shape index (κ1) is 27.6. The fourth-order valence-electron chi connectivity index (χ4n) is 4.37. The number of nitrogens with zero attached hydrogens (tertiary/aromatic N) is 5. The van der Waals surface area contributed by atoms with Gasteiger partial charge in [0.25, 0.3) is 5.91 Å². The largest absolute Gasteiger partial charge is 0.458 e. The number of hydrogen-bond acceptors (Lipinski definition) is 8. The number of amides is 2. The van der Waals surface area contributed by atoms with Crippen LogP contribution in [0.2, 0.25) is 10.0 Å². The molecule has 0 saturated heterocycles. The quantitative estimate of drug-likeness (QED) is 0.282. The number of aryl methyl sites for hydroxylation is 1. The average Bonchev–Trinajstić information content (AvgIpc) is 3.56. The summed E-state index contributed by atoms with van der Waals surface area (Å²) in [6.45, 7) is 1.37. The molecule has 40 heavy (non-hydrogen) atoms. The number of hydrogen-bond donors (Lipinski definition) is 3. The number of furan rings is 1. The van der Waals surface area contributed by atoms with E-state index in [0.29, 0.717) is 34.8 Å². The van der Waals surface area contributed by atoms with Crippen LogP contribution in [0.1, 0.15) is 34.6 Å². The Labute approximate surface area is 237 Å². The van der Waals surface area contributed by atoms with Crippen LogP contribution in [-0.2, 0) is 18.3 Å². The first-order valence-electron chi connectivity index (χ1n) is 12.2. The molecule has 14 heteroatoms. The lowest BCUT2D eigenvalue weighted by molar-refractivity contribution is -0.126. The Balaban J connectivity index is 1.33. The maximum atomic E-state index is 13.6. The van der Waals surface area contributed by atoms with Crippen LogP contribution in [0.4, 0.5) is 16.2 Å². The molecule has 1 aromatic carbocycles. The van der Waals surface area contributed by atoms with E-state index in [1.54, 1.807) is 37.0 Å². The smallest absolute Gasteiger partial charge is 0.258 e. The van der Waals surface area contributed by atoms with Crippen LogP contribution < -0.4 is 10.6 Å². The van der Waals surface area contributed by atoms with Gasteiger partial charge in [0.05, 0.1) is 40.7 Å². The van der Waals surface area contributed by atoms with E-state index >= 15 is 0 Å². The van der Waals surface area contributed by atoms with Gasteiger partial charge in [-0.25, -0.2) is 14.4 Å². The molecule has 3 N–H and O–H groups in total. The van der Waals surface area contributed by atoms with Gasteiger partial charge in [-0.2, -0.15) is 5.10 Å². The predicted molar refractivity (Wildman–Crippen MR) is 145 cm³/mol. The maximum absolute atomic E-state index is 13.6. The Kier molecular flexibility index (Phi) is 7.74. The summed E-state index contributed by atoms with van der Waals surface area (Å²) in [6, 6.07) is 5.51. The van der Waals surface area contributed by atoms with Crippen molar-refractivity contribution in [3.63, 3.8) is 0 Å². The highest BCUT2D eigenvalue weighted by Gasteiger charge is 2.35. The van der Waals surface area contributed by atoms with E-state index in [4.69, 9.17) is 27.6 Å². The standard InChI is InChI=1S/C26H24Cl2FN7O4/c1-13(24(38)32-19(12-37)14-3-4-18(29)16(27)9-14)36-8-6-20-15(25(36)39)10-21(40-20)23-17(28)11-30-26(34-23)33-22-5-7-31-35(22)2/h3-5,7,9-11,13,19,37H,6,8,12H2,1-2H3,(H,32,38)(H,30,33,34)/t13-,19-/m1/s1. The molecule has 1 aliphatic heterocycles. The molecular weight excluding hydrogens is 564 g/mol. The number of benzene rings is 1. The van der Waals surface area contributed by atoms with Gasteiger partial charge in [0.15, 0.2) is 5.76 Å². The van der Waals surface area contributed by atoms with Gasteiger partial charge in [0.2, 0.25) is 11.9 Å². The van der Waals surface area contributed by atoms with Crippen LogP contribution in [0.3, 0.4) is 0 Å². The number of rotatable bonds is 8. The van der Waals surface area contributed by atoms with Crippen molar-refractivity contribution in [1.82, 2.24) is 30.0 Å². The highest BCUT2D eigenvalue weighted by Crippen LogP contribution is 2.33. The van der Waals surface area contributed by atoms with E-state index in [9.17, 15) is 19.1 Å². The minimum Gasteiger partial charge on any atom is -0.458 e. The lowest BCUT2D eigenvalue weighted by Gasteiger charge is -2.32. The highest BCUT2D eigenvalue weighted by molar-refractivity contribution is 6.32. The third-order valence-corrected chi connectivity index (χ3v) is 7.18. The van der Waals surface area contributed by atoms with Crippen LogP contribution in [0.25, 0.3) is 11.5 Å². The summed E-state index contributed by atoms with van der Waals surface area (Å²) >= 11 is 12.2. The number of nitrogens with one attached hydrogen (secondary N) is 2. The third-order valence-electron chi connectivity index (χ3n) is 6.61. The molecule has 2 amide bonds. The van der Waals surface area contributed by atoms with Crippen molar-refractivity contribution in [3.05, 3.63) is 75.5 Å². The number of carbonyl (C=O) groups is 2. The normalized spacial score (nSPS) is 14.6. The molecule has 0 saturated carbocycles. The lowest BCUT2D eigenvalue weighted by atomic mass is 10.0. The molecule has 0 radical (unpaired) electrons. The summed E-state index contributed by atoms with van der Waals surface area (Å²) in [7, 11) is 1.76. The number of carbonyl (C=O) groups excluding carboxylic acids is 2. The van der Waals surface area contributed by atoms with Gasteiger partial charge in [-0.05, 0) is 30.7 Å². The molecule has 2 atom stereocenters. The third kappa shape index (κ3) is 5.37. The van der Waals surface area contributed by atoms with Crippen molar-refractivity contribution in [3.8, 4) is 11.5 Å². The molecule has 0 bridgehead atoms. The van der Waals surface area contributed by atoms with Crippen molar-refractivity contribution in [2.45, 2.75) is 25.4 Å². The molecular formula is C26H24Cl2FN7O4. The molecule has 0 spiro atoms. The molecule has 0 aliphatic carbocycles. The van der Waals surface area contributed by atoms with Gasteiger partial charge < -0.3 is 25.1 Å². The monoisotopic (exact) mass is 587 g/mol. The highest BCUT2D eigenvalue weighted by atomic mass is 35.5. The van der Waals surface area contributed by atoms with Crippen molar-refractivity contribution >= 4 is 46.8 Å². The SMILES string of the molecule is C[C@H](C(=O)N[C@H](CO)c1ccc(F)c(Cl)c1)N1CCc2oc(-c3nc(Nc4ccnn4C)ncc3Cl)cc2C1=O. The number of halogens is 3. The van der Waals surface area contributed by atoms with Crippen LogP contribution in [-0.4, -0.2) is 60.8 Å². The first-order chi connectivity index (χ1) is 19.2. The zero-order chi connectivity index (χ0) is 28.6. The van der Waals surface area contributed by atoms with Crippen molar-refractivity contribution < 1.29 is 23.5 Å². The van der Waals surface area contributed by atoms with Gasteiger partial charge in [-0.1, -0.05) is 29.3 Å². The van der Waals surface area contributed by atoms with Gasteiger partial charge in [0, 0.05) is 26.1 Å². The fraction of sp³-hybridized carbons (Fsp3) is 0.269. The van der Waals surface area contributed by atoms with Crippen molar-refractivity contribution in [2.24, 2.45) is 7.05 Å². The molecule has 3 aromatic heterocycles. The number of aliphatic hydroxyl groups is 1. The van der Waals surface area contributed by atoms with Gasteiger partial charge in [0.1, 0.15) is 29.1 Å². The van der Waals surface area contributed by atoms with E-state index in [2.05, 4.69) is 25.7 Å². The second-order valence-electron chi connectivity index (χ2n) is 9.14. The Bertz CT molecular complexity index is 1590. The van der Waals surface area contributed by atoms with Crippen molar-refractivity contribution in [1.29, 1.82) is 0 Å². The summed E-state index contributed by atoms with van der Waals surface area (Å²) in [5.74, 6) is 0.153. The predicted octanol–water partition coefficient (Wildman–Crippen LogP) is 3.90. The summed E-state index contributed by atoms with van der Waals surface area (Å²) in [5.41, 5.74) is 1.02. The van der Waals surface area contributed by atoms with Crippen LogP contribution >= 0.6 is 23.2 Å². The second-order valence-corrected chi connectivity index (χ2v) is 9.96. The summed E-state index contributed by atoms with van der Waals surface area (Å²) < 4.78 is 21.1. The zero-order valence-corrected chi connectivity index (χ0v) is 22.9. The van der Waals surface area contributed by atoms with E-state index in [1.807, 2.05) is 0 Å². The number of anilines is 2. The Hall–Kier alpha value is -4.00. The Morgan fingerprint density at radius 2 is 2.05 bits per heavy atom. The minimum atomic E-state index is -0.874. The molecule has 0 fully saturated rings. The van der Waals surface area contributed by atoms with Gasteiger partial charge in [-0.3, -0.25) is 14.3 Å². The minimum absolute atomic E-state index is 0.128. The topological polar surface area (TPSA) is 138 Å². The molecule has 0 unspecified atom stereocenters. The Morgan fingerprint density at radius 3 is 2.75 bits per heavy atom. The number of aliphatic hydroxyl groups excluding tert-OH is 1. The summed E-state index contributed by atoms with van der Waals surface area (Å²) in [4.78, 5) is 36.5. The molecule has 4 aromatic rings. The van der Waals surface area contributed by atoms with Crippen LogP contribution in [0.15, 0.2) is 47.1 Å². The first-order valence-corrected chi connectivity index (χ1v) is 13.0. The van der Waals surface area contributed by atoms with E-state index in [0.717, 1.165) is 6.07 Å². The van der Waals surface area contributed by atoms with Gasteiger partial charge >= 0.3 is 0 Å². The molecule has 1 aliphatic rings. The average molecular weight is 588 g/mol. The van der Waals surface area contributed by atoms with E-state index in [-0.39, 0.29) is 28.3 Å². The fourth-order valence-corrected chi connectivity index (χ4v) is 4.74. The summed E-state index contributed by atoms with van der Waals surface area (Å²) in [5, 5.41) is 19.8. The molecule has 208 valence electrons. The van der Waals surface area contributed by atoms with E-state index < -0.39 is 36.3 Å². The van der Waals surface area contributed by atoms with E-state index in [1.165, 1.54) is 23.2 Å².